The van der Waals surface area contributed by atoms with E-state index in [2.05, 4.69) is 5.32 Å². The van der Waals surface area contributed by atoms with Gasteiger partial charge in [0, 0.05) is 11.8 Å². The second-order valence-electron chi connectivity index (χ2n) is 4.09. The number of hydrogen-bond acceptors (Lipinski definition) is 5. The van der Waals surface area contributed by atoms with Crippen LogP contribution in [0.3, 0.4) is 0 Å². The van der Waals surface area contributed by atoms with Crippen molar-refractivity contribution in [2.45, 2.75) is 0 Å². The molecule has 3 N–H and O–H groups in total. The zero-order valence-corrected chi connectivity index (χ0v) is 10.3. The predicted octanol–water partition coefficient (Wildman–Crippen LogP) is -0.624. The number of anilines is 1. The van der Waals surface area contributed by atoms with Crippen LogP contribution >= 0.6 is 0 Å². The summed E-state index contributed by atoms with van der Waals surface area (Å²) in [6.45, 7) is -0.309. The van der Waals surface area contributed by atoms with Crippen LogP contribution in [0.25, 0.3) is 0 Å². The molecule has 100 valence electrons. The number of ether oxygens (including phenoxy) is 1. The van der Waals surface area contributed by atoms with Crippen LogP contribution in [0.15, 0.2) is 18.2 Å². The van der Waals surface area contributed by atoms with Crippen molar-refractivity contribution in [3.05, 3.63) is 23.8 Å². The molecule has 0 bridgehead atoms. The molecule has 1 fully saturated rings. The van der Waals surface area contributed by atoms with Gasteiger partial charge in [0.25, 0.3) is 5.91 Å². The number of nitrogens with two attached hydrogens (primary N) is 1. The zero-order chi connectivity index (χ0) is 14.0. The summed E-state index contributed by atoms with van der Waals surface area (Å²) in [5, 5.41) is 2.13. The molecule has 1 aromatic carbocycles. The Kier molecular flexibility index (Phi) is 3.37. The van der Waals surface area contributed by atoms with Gasteiger partial charge in [-0.15, -0.1) is 0 Å². The SMILES string of the molecule is COc1cc(N)ccc1C(=O)N1CC(=O)NC(=O)C1. The molecule has 0 aromatic heterocycles. The topological polar surface area (TPSA) is 102 Å². The van der Waals surface area contributed by atoms with Gasteiger partial charge in [0.15, 0.2) is 0 Å². The number of carbonyl (C=O) groups is 3. The van der Waals surface area contributed by atoms with Gasteiger partial charge in [0.2, 0.25) is 11.8 Å². The smallest absolute Gasteiger partial charge is 0.258 e. The molecule has 0 aliphatic carbocycles. The fourth-order valence-electron chi connectivity index (χ4n) is 1.84. The van der Waals surface area contributed by atoms with Crippen molar-refractivity contribution >= 4 is 23.4 Å². The average molecular weight is 263 g/mol. The van der Waals surface area contributed by atoms with E-state index in [4.69, 9.17) is 10.5 Å². The third-order valence-electron chi connectivity index (χ3n) is 2.69. The van der Waals surface area contributed by atoms with E-state index in [1.165, 1.54) is 19.2 Å². The summed E-state index contributed by atoms with van der Waals surface area (Å²) >= 11 is 0. The van der Waals surface area contributed by atoms with Crippen molar-refractivity contribution in [3.8, 4) is 5.75 Å². The standard InChI is InChI=1S/C12H13N3O4/c1-19-9-4-7(13)2-3-8(9)12(18)15-5-10(16)14-11(17)6-15/h2-4H,5-6,13H2,1H3,(H,14,16,17). The number of hydrogen-bond donors (Lipinski definition) is 2. The number of benzene rings is 1. The van der Waals surface area contributed by atoms with Crippen LogP contribution in [0.4, 0.5) is 5.69 Å². The quantitative estimate of drug-likeness (QED) is 0.546. The molecule has 0 spiro atoms. The van der Waals surface area contributed by atoms with E-state index in [1.807, 2.05) is 0 Å². The Morgan fingerprint density at radius 3 is 2.53 bits per heavy atom. The Hall–Kier alpha value is -2.57. The van der Waals surface area contributed by atoms with Crippen molar-refractivity contribution in [2.24, 2.45) is 0 Å². The third kappa shape index (κ3) is 2.65. The maximum absolute atomic E-state index is 12.3. The summed E-state index contributed by atoms with van der Waals surface area (Å²) in [6, 6.07) is 4.58. The molecule has 1 aliphatic heterocycles. The highest BCUT2D eigenvalue weighted by Gasteiger charge is 2.28. The number of nitrogens with zero attached hydrogens (tertiary/aromatic N) is 1. The molecule has 19 heavy (non-hydrogen) atoms. The monoisotopic (exact) mass is 263 g/mol. The van der Waals surface area contributed by atoms with Crippen molar-refractivity contribution in [2.75, 3.05) is 25.9 Å². The number of nitrogen functional groups attached to an aromatic ring is 1. The number of rotatable bonds is 2. The number of imide groups is 1. The van der Waals surface area contributed by atoms with Crippen LogP contribution in [0.2, 0.25) is 0 Å². The first kappa shape index (κ1) is 12.9. The number of amides is 3. The normalized spacial score (nSPS) is 15.1. The van der Waals surface area contributed by atoms with Gasteiger partial charge >= 0.3 is 0 Å². The van der Waals surface area contributed by atoms with Crippen LogP contribution in [0.5, 0.6) is 5.75 Å². The number of nitrogens with one attached hydrogen (secondary N) is 1. The van der Waals surface area contributed by atoms with E-state index >= 15 is 0 Å². The summed E-state index contributed by atoms with van der Waals surface area (Å²) in [4.78, 5) is 35.9. The molecule has 0 atom stereocenters. The molecule has 1 aromatic rings. The summed E-state index contributed by atoms with van der Waals surface area (Å²) in [7, 11) is 1.42. The van der Waals surface area contributed by atoms with Crippen molar-refractivity contribution in [1.29, 1.82) is 0 Å². The molecule has 7 heteroatoms. The molecular formula is C12H13N3O4. The van der Waals surface area contributed by atoms with Gasteiger partial charge in [-0.25, -0.2) is 0 Å². The number of methoxy groups -OCH3 is 1. The predicted molar refractivity (Wildman–Crippen MR) is 66.5 cm³/mol. The van der Waals surface area contributed by atoms with Gasteiger partial charge in [0.1, 0.15) is 18.8 Å². The Morgan fingerprint density at radius 1 is 1.32 bits per heavy atom. The van der Waals surface area contributed by atoms with Gasteiger partial charge in [-0.2, -0.15) is 0 Å². The third-order valence-corrected chi connectivity index (χ3v) is 2.69. The van der Waals surface area contributed by atoms with Gasteiger partial charge in [0.05, 0.1) is 12.7 Å². The minimum absolute atomic E-state index is 0.155. The average Bonchev–Trinajstić information content (AvgIpc) is 2.36. The van der Waals surface area contributed by atoms with Crippen LogP contribution < -0.4 is 15.8 Å². The van der Waals surface area contributed by atoms with E-state index in [0.29, 0.717) is 11.4 Å². The van der Waals surface area contributed by atoms with Gasteiger partial charge < -0.3 is 15.4 Å². The Morgan fingerprint density at radius 2 is 1.95 bits per heavy atom. The minimum atomic E-state index is -0.501. The summed E-state index contributed by atoms with van der Waals surface area (Å²) < 4.78 is 5.08. The highest BCUT2D eigenvalue weighted by Crippen LogP contribution is 2.23. The van der Waals surface area contributed by atoms with E-state index < -0.39 is 17.7 Å². The number of piperazine rings is 1. The molecular weight excluding hydrogens is 250 g/mol. The lowest BCUT2D eigenvalue weighted by Gasteiger charge is -2.26. The van der Waals surface area contributed by atoms with Crippen LogP contribution in [-0.2, 0) is 9.59 Å². The Balaban J connectivity index is 2.28. The van der Waals surface area contributed by atoms with Gasteiger partial charge in [-0.05, 0) is 12.1 Å². The van der Waals surface area contributed by atoms with Gasteiger partial charge in [-0.1, -0.05) is 0 Å². The molecule has 1 heterocycles. The summed E-state index contributed by atoms with van der Waals surface area (Å²) in [6.07, 6.45) is 0. The zero-order valence-electron chi connectivity index (χ0n) is 10.3. The lowest BCUT2D eigenvalue weighted by Crippen LogP contribution is -2.53. The highest BCUT2D eigenvalue weighted by atomic mass is 16.5. The highest BCUT2D eigenvalue weighted by molar-refractivity contribution is 6.06. The molecule has 0 saturated carbocycles. The largest absolute Gasteiger partial charge is 0.496 e. The van der Waals surface area contributed by atoms with Crippen molar-refractivity contribution < 1.29 is 19.1 Å². The fraction of sp³-hybridized carbons (Fsp3) is 0.250. The Labute approximate surface area is 109 Å². The van der Waals surface area contributed by atoms with E-state index in [-0.39, 0.29) is 18.7 Å². The lowest BCUT2D eigenvalue weighted by molar-refractivity contribution is -0.135. The molecule has 0 radical (unpaired) electrons. The summed E-state index contributed by atoms with van der Waals surface area (Å²) in [5.41, 5.74) is 6.32. The van der Waals surface area contributed by atoms with E-state index in [9.17, 15) is 14.4 Å². The molecule has 0 unspecified atom stereocenters. The van der Waals surface area contributed by atoms with Crippen molar-refractivity contribution in [1.82, 2.24) is 10.2 Å². The molecule has 7 nitrogen and oxygen atoms in total. The maximum atomic E-state index is 12.3. The first-order valence-electron chi connectivity index (χ1n) is 5.56. The first-order valence-corrected chi connectivity index (χ1v) is 5.56. The van der Waals surface area contributed by atoms with E-state index in [1.54, 1.807) is 6.07 Å². The van der Waals surface area contributed by atoms with Crippen LogP contribution in [-0.4, -0.2) is 42.8 Å². The second kappa shape index (κ2) is 4.97. The molecule has 1 saturated heterocycles. The minimum Gasteiger partial charge on any atom is -0.496 e. The van der Waals surface area contributed by atoms with Crippen molar-refractivity contribution in [3.63, 3.8) is 0 Å². The fourth-order valence-corrected chi connectivity index (χ4v) is 1.84. The lowest BCUT2D eigenvalue weighted by atomic mass is 10.1. The Bertz CT molecular complexity index is 540. The molecule has 1 aliphatic rings. The molecule has 2 rings (SSSR count). The number of carbonyl (C=O) groups excluding carboxylic acids is 3. The second-order valence-corrected chi connectivity index (χ2v) is 4.09. The van der Waals surface area contributed by atoms with Crippen LogP contribution in [0.1, 0.15) is 10.4 Å². The van der Waals surface area contributed by atoms with E-state index in [0.717, 1.165) is 4.90 Å². The van der Waals surface area contributed by atoms with Crippen LogP contribution in [0, 0.1) is 0 Å². The molecule has 3 amide bonds. The summed E-state index contributed by atoms with van der Waals surface area (Å²) in [5.74, 6) is -1.14. The first-order chi connectivity index (χ1) is 9.01. The maximum Gasteiger partial charge on any atom is 0.258 e. The van der Waals surface area contributed by atoms with Gasteiger partial charge in [-0.3, -0.25) is 19.7 Å².